The zero-order valence-electron chi connectivity index (χ0n) is 13.3. The highest BCUT2D eigenvalue weighted by Gasteiger charge is 2.10. The molecule has 0 unspecified atom stereocenters. The lowest BCUT2D eigenvalue weighted by atomic mass is 10.3. The van der Waals surface area contributed by atoms with E-state index in [2.05, 4.69) is 20.2 Å². The third-order valence-corrected chi connectivity index (χ3v) is 3.78. The molecule has 0 N–H and O–H groups in total. The first-order valence-electron chi connectivity index (χ1n) is 7.63. The highest BCUT2D eigenvalue weighted by molar-refractivity contribution is 5.76. The SMILES string of the molecule is CCn1c(=O)cnn(-c2cnc3nn(-c4cccnc4)cc3c2)c1=O. The van der Waals surface area contributed by atoms with Gasteiger partial charge in [-0.1, -0.05) is 0 Å². The summed E-state index contributed by atoms with van der Waals surface area (Å²) in [5, 5.41) is 9.05. The minimum atomic E-state index is -0.504. The molecule has 0 bridgehead atoms. The molecule has 0 radical (unpaired) electrons. The van der Waals surface area contributed by atoms with Crippen molar-refractivity contribution < 1.29 is 0 Å². The molecule has 4 aromatic rings. The molecule has 9 heteroatoms. The molecule has 4 heterocycles. The first-order valence-corrected chi connectivity index (χ1v) is 7.63. The summed E-state index contributed by atoms with van der Waals surface area (Å²) in [5.74, 6) is 0. The molecule has 0 aromatic carbocycles. The van der Waals surface area contributed by atoms with Crippen LogP contribution in [0.1, 0.15) is 6.92 Å². The third kappa shape index (κ3) is 2.51. The van der Waals surface area contributed by atoms with E-state index in [1.165, 1.54) is 6.20 Å². The average Bonchev–Trinajstić information content (AvgIpc) is 3.06. The molecule has 4 rings (SSSR count). The molecule has 124 valence electrons. The van der Waals surface area contributed by atoms with Crippen LogP contribution in [0.4, 0.5) is 0 Å². The fourth-order valence-corrected chi connectivity index (χ4v) is 2.54. The van der Waals surface area contributed by atoms with E-state index in [1.807, 2.05) is 12.1 Å². The van der Waals surface area contributed by atoms with Crippen LogP contribution >= 0.6 is 0 Å². The van der Waals surface area contributed by atoms with Crippen molar-refractivity contribution in [1.29, 1.82) is 0 Å². The summed E-state index contributed by atoms with van der Waals surface area (Å²) < 4.78 is 3.92. The van der Waals surface area contributed by atoms with E-state index in [1.54, 1.807) is 36.3 Å². The quantitative estimate of drug-likeness (QED) is 0.542. The lowest BCUT2D eigenvalue weighted by molar-refractivity contribution is 0.600. The molecule has 0 saturated heterocycles. The summed E-state index contributed by atoms with van der Waals surface area (Å²) in [6.45, 7) is 2.00. The van der Waals surface area contributed by atoms with E-state index in [4.69, 9.17) is 0 Å². The molecule has 25 heavy (non-hydrogen) atoms. The van der Waals surface area contributed by atoms with Crippen molar-refractivity contribution in [3.63, 3.8) is 0 Å². The Kier molecular flexibility index (Phi) is 3.46. The van der Waals surface area contributed by atoms with Crippen LogP contribution in [0.15, 0.2) is 58.8 Å². The summed E-state index contributed by atoms with van der Waals surface area (Å²) in [6.07, 6.45) is 7.79. The maximum Gasteiger partial charge on any atom is 0.352 e. The molecule has 0 saturated carbocycles. The van der Waals surface area contributed by atoms with E-state index in [9.17, 15) is 9.59 Å². The van der Waals surface area contributed by atoms with Crippen LogP contribution in [0.3, 0.4) is 0 Å². The molecule has 0 aliphatic heterocycles. The lowest BCUT2D eigenvalue weighted by Gasteiger charge is -2.06. The standard InChI is InChI=1S/C16H13N7O2/c1-2-21-14(24)9-19-23(16(21)25)13-6-11-10-22(20-15(11)18-8-13)12-4-3-5-17-7-12/h3-10H,2H2,1H3. The van der Waals surface area contributed by atoms with Gasteiger partial charge in [-0.25, -0.2) is 14.5 Å². The van der Waals surface area contributed by atoms with Gasteiger partial charge in [0.1, 0.15) is 6.20 Å². The Morgan fingerprint density at radius 3 is 2.76 bits per heavy atom. The van der Waals surface area contributed by atoms with E-state index in [-0.39, 0.29) is 6.54 Å². The number of hydrogen-bond donors (Lipinski definition) is 0. The molecular formula is C16H13N7O2. The fraction of sp³-hybridized carbons (Fsp3) is 0.125. The topological polar surface area (TPSA) is 100 Å². The second-order valence-electron chi connectivity index (χ2n) is 5.31. The average molecular weight is 335 g/mol. The van der Waals surface area contributed by atoms with E-state index in [0.29, 0.717) is 11.3 Å². The first kappa shape index (κ1) is 14.9. The highest BCUT2D eigenvalue weighted by Crippen LogP contribution is 2.15. The van der Waals surface area contributed by atoms with E-state index >= 15 is 0 Å². The van der Waals surface area contributed by atoms with Crippen LogP contribution in [-0.2, 0) is 6.54 Å². The van der Waals surface area contributed by atoms with Crippen LogP contribution < -0.4 is 11.2 Å². The van der Waals surface area contributed by atoms with Gasteiger partial charge in [-0.15, -0.1) is 5.10 Å². The Hall–Kier alpha value is -3.62. The van der Waals surface area contributed by atoms with Crippen LogP contribution in [0.2, 0.25) is 0 Å². The monoisotopic (exact) mass is 335 g/mol. The van der Waals surface area contributed by atoms with Gasteiger partial charge in [0.2, 0.25) is 0 Å². The molecular weight excluding hydrogens is 322 g/mol. The van der Waals surface area contributed by atoms with Gasteiger partial charge in [-0.05, 0) is 25.1 Å². The molecule has 0 aliphatic rings. The van der Waals surface area contributed by atoms with E-state index < -0.39 is 11.2 Å². The summed E-state index contributed by atoms with van der Waals surface area (Å²) in [7, 11) is 0. The third-order valence-electron chi connectivity index (χ3n) is 3.78. The Bertz CT molecular complexity index is 1170. The molecule has 4 aromatic heterocycles. The highest BCUT2D eigenvalue weighted by atomic mass is 16.2. The number of hydrogen-bond acceptors (Lipinski definition) is 6. The van der Waals surface area contributed by atoms with Crippen molar-refractivity contribution in [3.05, 3.63) is 70.0 Å². The normalized spacial score (nSPS) is 11.1. The molecule has 0 atom stereocenters. The van der Waals surface area contributed by atoms with Gasteiger partial charge in [-0.2, -0.15) is 9.78 Å². The molecule has 0 fully saturated rings. The van der Waals surface area contributed by atoms with Crippen molar-refractivity contribution >= 4 is 11.0 Å². The van der Waals surface area contributed by atoms with Crippen LogP contribution in [0, 0.1) is 0 Å². The second-order valence-corrected chi connectivity index (χ2v) is 5.31. The van der Waals surface area contributed by atoms with Crippen molar-refractivity contribution in [2.45, 2.75) is 13.5 Å². The number of fused-ring (bicyclic) bond motifs is 1. The van der Waals surface area contributed by atoms with Gasteiger partial charge in [0.05, 0.1) is 23.8 Å². The van der Waals surface area contributed by atoms with Crippen LogP contribution in [-0.4, -0.2) is 34.1 Å². The zero-order valence-corrected chi connectivity index (χ0v) is 13.3. The second kappa shape index (κ2) is 5.78. The van der Waals surface area contributed by atoms with Gasteiger partial charge in [0.25, 0.3) is 5.56 Å². The van der Waals surface area contributed by atoms with Crippen molar-refractivity contribution in [1.82, 2.24) is 34.1 Å². The predicted molar refractivity (Wildman–Crippen MR) is 90.0 cm³/mol. The smallest absolute Gasteiger partial charge is 0.267 e. The van der Waals surface area contributed by atoms with Crippen molar-refractivity contribution in [3.8, 4) is 11.4 Å². The van der Waals surface area contributed by atoms with Gasteiger partial charge < -0.3 is 0 Å². The molecule has 9 nitrogen and oxygen atoms in total. The fourth-order valence-electron chi connectivity index (χ4n) is 2.54. The molecule has 0 amide bonds. The molecule has 0 spiro atoms. The Morgan fingerprint density at radius 2 is 2.00 bits per heavy atom. The van der Waals surface area contributed by atoms with Gasteiger partial charge in [0, 0.05) is 24.3 Å². The Morgan fingerprint density at radius 1 is 1.12 bits per heavy atom. The van der Waals surface area contributed by atoms with Gasteiger partial charge in [0.15, 0.2) is 5.65 Å². The van der Waals surface area contributed by atoms with Gasteiger partial charge in [-0.3, -0.25) is 14.3 Å². The number of pyridine rings is 2. The molecule has 0 aliphatic carbocycles. The number of rotatable bonds is 3. The first-order chi connectivity index (χ1) is 12.2. The number of nitrogens with zero attached hydrogens (tertiary/aromatic N) is 7. The minimum Gasteiger partial charge on any atom is -0.267 e. The van der Waals surface area contributed by atoms with Crippen LogP contribution in [0.5, 0.6) is 0 Å². The largest absolute Gasteiger partial charge is 0.352 e. The summed E-state index contributed by atoms with van der Waals surface area (Å²) in [6, 6.07) is 5.45. The van der Waals surface area contributed by atoms with Crippen LogP contribution in [0.25, 0.3) is 22.4 Å². The lowest BCUT2D eigenvalue weighted by Crippen LogP contribution is -2.39. The summed E-state index contributed by atoms with van der Waals surface area (Å²) in [4.78, 5) is 32.4. The van der Waals surface area contributed by atoms with E-state index in [0.717, 1.165) is 26.5 Å². The number of aromatic nitrogens is 7. The maximum absolute atomic E-state index is 12.4. The minimum absolute atomic E-state index is 0.273. The van der Waals surface area contributed by atoms with Crippen molar-refractivity contribution in [2.75, 3.05) is 0 Å². The maximum atomic E-state index is 12.4. The summed E-state index contributed by atoms with van der Waals surface area (Å²) >= 11 is 0. The van der Waals surface area contributed by atoms with Gasteiger partial charge >= 0.3 is 5.69 Å². The predicted octanol–water partition coefficient (Wildman–Crippen LogP) is 0.543. The zero-order chi connectivity index (χ0) is 17.4. The van der Waals surface area contributed by atoms with Crippen molar-refractivity contribution in [2.24, 2.45) is 0 Å². The Labute approximate surface area is 140 Å². The summed E-state index contributed by atoms with van der Waals surface area (Å²) in [5.41, 5.74) is 0.866. The Balaban J connectivity index is 1.85.